The molecule has 0 radical (unpaired) electrons. The van der Waals surface area contributed by atoms with Crippen LogP contribution in [0.1, 0.15) is 43.9 Å². The smallest absolute Gasteiger partial charge is 0.242 e. The summed E-state index contributed by atoms with van der Waals surface area (Å²) in [4.78, 5) is 12.5. The Morgan fingerprint density at radius 1 is 1.21 bits per heavy atom. The summed E-state index contributed by atoms with van der Waals surface area (Å²) in [5.41, 5.74) is 2.91. The van der Waals surface area contributed by atoms with Gasteiger partial charge in [-0.2, -0.15) is 5.10 Å². The van der Waals surface area contributed by atoms with E-state index >= 15 is 0 Å². The maximum absolute atomic E-state index is 12.5. The van der Waals surface area contributed by atoms with Gasteiger partial charge in [0.2, 0.25) is 15.9 Å². The zero-order valence-electron chi connectivity index (χ0n) is 16.8. The molecule has 2 aromatic rings. The lowest BCUT2D eigenvalue weighted by Gasteiger charge is -2.22. The van der Waals surface area contributed by atoms with Gasteiger partial charge in [0.1, 0.15) is 5.75 Å². The van der Waals surface area contributed by atoms with Gasteiger partial charge in [-0.25, -0.2) is 13.4 Å². The first kappa shape index (κ1) is 20.9. The van der Waals surface area contributed by atoms with Crippen LogP contribution < -0.4 is 9.46 Å². The second kappa shape index (κ2) is 8.65. The van der Waals surface area contributed by atoms with Crippen molar-refractivity contribution in [3.8, 4) is 5.75 Å². The lowest BCUT2D eigenvalue weighted by atomic mass is 9.98. The first-order chi connectivity index (χ1) is 13.8. The summed E-state index contributed by atoms with van der Waals surface area (Å²) in [5.74, 6) is 0.680. The third-order valence-corrected chi connectivity index (χ3v) is 5.13. The molecule has 0 unspecified atom stereocenters. The summed E-state index contributed by atoms with van der Waals surface area (Å²) >= 11 is 0. The molecule has 2 aromatic carbocycles. The van der Waals surface area contributed by atoms with E-state index in [1.807, 2.05) is 37.3 Å². The molecule has 1 heterocycles. The molecule has 0 bridgehead atoms. The highest BCUT2D eigenvalue weighted by Gasteiger charge is 2.32. The predicted molar refractivity (Wildman–Crippen MR) is 114 cm³/mol. The molecule has 1 atom stereocenters. The number of hydrogen-bond acceptors (Lipinski definition) is 5. The number of amides is 1. The fourth-order valence-corrected chi connectivity index (χ4v) is 3.85. The Labute approximate surface area is 171 Å². The topological polar surface area (TPSA) is 88.1 Å². The van der Waals surface area contributed by atoms with Crippen molar-refractivity contribution in [3.63, 3.8) is 0 Å². The average molecular weight is 416 g/mol. The van der Waals surface area contributed by atoms with Crippen LogP contribution in [0.5, 0.6) is 5.75 Å². The largest absolute Gasteiger partial charge is 0.494 e. The van der Waals surface area contributed by atoms with Crippen LogP contribution in [0, 0.1) is 0 Å². The normalized spacial score (nSPS) is 16.4. The highest BCUT2D eigenvalue weighted by molar-refractivity contribution is 7.92. The quantitative estimate of drug-likeness (QED) is 0.749. The van der Waals surface area contributed by atoms with E-state index in [4.69, 9.17) is 4.74 Å². The minimum absolute atomic E-state index is 0.0720. The highest BCUT2D eigenvalue weighted by atomic mass is 32.2. The molecule has 7 nitrogen and oxygen atoms in total. The molecule has 0 fully saturated rings. The Morgan fingerprint density at radius 3 is 2.66 bits per heavy atom. The highest BCUT2D eigenvalue weighted by Crippen LogP contribution is 2.35. The van der Waals surface area contributed by atoms with Gasteiger partial charge in [0.05, 0.1) is 24.6 Å². The van der Waals surface area contributed by atoms with Crippen molar-refractivity contribution in [3.05, 3.63) is 59.7 Å². The van der Waals surface area contributed by atoms with Crippen LogP contribution in [0.2, 0.25) is 0 Å². The second-order valence-corrected chi connectivity index (χ2v) is 8.57. The molecule has 29 heavy (non-hydrogen) atoms. The van der Waals surface area contributed by atoms with Crippen molar-refractivity contribution in [2.24, 2.45) is 5.10 Å². The van der Waals surface area contributed by atoms with Gasteiger partial charge in [-0.05, 0) is 42.3 Å². The summed E-state index contributed by atoms with van der Waals surface area (Å²) in [7, 11) is -3.38. The van der Waals surface area contributed by atoms with E-state index in [2.05, 4.69) is 9.82 Å². The summed E-state index contributed by atoms with van der Waals surface area (Å²) in [6.07, 6.45) is 1.98. The molecular weight excluding hydrogens is 390 g/mol. The van der Waals surface area contributed by atoms with Gasteiger partial charge in [-0.3, -0.25) is 9.52 Å². The van der Waals surface area contributed by atoms with Crippen molar-refractivity contribution in [1.82, 2.24) is 5.01 Å². The average Bonchev–Trinajstić information content (AvgIpc) is 3.12. The van der Waals surface area contributed by atoms with Crippen LogP contribution in [0.4, 0.5) is 5.69 Å². The number of anilines is 1. The first-order valence-electron chi connectivity index (χ1n) is 9.51. The van der Waals surface area contributed by atoms with Crippen molar-refractivity contribution in [2.75, 3.05) is 17.6 Å². The summed E-state index contributed by atoms with van der Waals surface area (Å²) in [5, 5.41) is 6.11. The van der Waals surface area contributed by atoms with Gasteiger partial charge in [0.15, 0.2) is 0 Å². The zero-order chi connectivity index (χ0) is 21.0. The van der Waals surface area contributed by atoms with Crippen molar-refractivity contribution < 1.29 is 17.9 Å². The molecule has 0 aliphatic carbocycles. The molecule has 8 heteroatoms. The zero-order valence-corrected chi connectivity index (χ0v) is 17.6. The summed E-state index contributed by atoms with van der Waals surface area (Å²) in [6.45, 7) is 4.29. The Balaban J connectivity index is 1.93. The van der Waals surface area contributed by atoms with Gasteiger partial charge in [0, 0.05) is 18.5 Å². The predicted octanol–water partition coefficient (Wildman–Crippen LogP) is 3.54. The van der Waals surface area contributed by atoms with Crippen LogP contribution in [0.25, 0.3) is 0 Å². The number of hydrogen-bond donors (Lipinski definition) is 1. The number of carbonyl (C=O) groups is 1. The van der Waals surface area contributed by atoms with Crippen LogP contribution in [-0.4, -0.2) is 37.9 Å². The molecule has 0 spiro atoms. The number of nitrogens with zero attached hydrogens (tertiary/aromatic N) is 2. The molecule has 0 saturated heterocycles. The van der Waals surface area contributed by atoms with Crippen LogP contribution in [0.15, 0.2) is 53.6 Å². The van der Waals surface area contributed by atoms with Crippen molar-refractivity contribution >= 4 is 27.3 Å². The van der Waals surface area contributed by atoms with Gasteiger partial charge in [-0.15, -0.1) is 0 Å². The van der Waals surface area contributed by atoms with Gasteiger partial charge in [0.25, 0.3) is 0 Å². The molecule has 0 aromatic heterocycles. The van der Waals surface area contributed by atoms with E-state index < -0.39 is 10.0 Å². The molecule has 3 rings (SSSR count). The van der Waals surface area contributed by atoms with Crippen molar-refractivity contribution in [2.45, 2.75) is 32.7 Å². The SMILES string of the molecule is CCOc1cccc([C@@H]2CC(c3cccc(NS(C)(=O)=O)c3)=NN2C(=O)CC)c1. The van der Waals surface area contributed by atoms with E-state index in [0.717, 1.165) is 28.8 Å². The Kier molecular flexibility index (Phi) is 6.22. The van der Waals surface area contributed by atoms with E-state index in [1.54, 1.807) is 25.1 Å². The Hall–Kier alpha value is -2.87. The molecule has 154 valence electrons. The van der Waals surface area contributed by atoms with E-state index in [-0.39, 0.29) is 11.9 Å². The van der Waals surface area contributed by atoms with Crippen LogP contribution in [-0.2, 0) is 14.8 Å². The second-order valence-electron chi connectivity index (χ2n) is 6.82. The third-order valence-electron chi connectivity index (χ3n) is 4.52. The van der Waals surface area contributed by atoms with Crippen LogP contribution >= 0.6 is 0 Å². The number of carbonyl (C=O) groups excluding carboxylic acids is 1. The maximum atomic E-state index is 12.5. The maximum Gasteiger partial charge on any atom is 0.242 e. The lowest BCUT2D eigenvalue weighted by molar-refractivity contribution is -0.132. The lowest BCUT2D eigenvalue weighted by Crippen LogP contribution is -2.26. The van der Waals surface area contributed by atoms with Gasteiger partial charge in [-0.1, -0.05) is 31.2 Å². The fourth-order valence-electron chi connectivity index (χ4n) is 3.29. The standard InChI is InChI=1S/C21H25N3O4S/c1-4-21(25)24-20(16-9-7-11-18(13-16)28-5-2)14-19(22-24)15-8-6-10-17(12-15)23-29(3,26)27/h6-13,20,23H,4-5,14H2,1-3H3/t20-/m0/s1. The molecular formula is C21H25N3O4S. The van der Waals surface area contributed by atoms with Gasteiger partial charge < -0.3 is 4.74 Å². The van der Waals surface area contributed by atoms with E-state index in [1.165, 1.54) is 5.01 Å². The fraction of sp³-hybridized carbons (Fsp3) is 0.333. The monoisotopic (exact) mass is 415 g/mol. The molecule has 1 amide bonds. The van der Waals surface area contributed by atoms with Crippen molar-refractivity contribution in [1.29, 1.82) is 0 Å². The number of hydrazone groups is 1. The number of nitrogens with one attached hydrogen (secondary N) is 1. The first-order valence-corrected chi connectivity index (χ1v) is 11.4. The molecule has 1 aliphatic heterocycles. The van der Waals surface area contributed by atoms with Crippen LogP contribution in [0.3, 0.4) is 0 Å². The van der Waals surface area contributed by atoms with Gasteiger partial charge >= 0.3 is 0 Å². The van der Waals surface area contributed by atoms with E-state index in [9.17, 15) is 13.2 Å². The molecule has 0 saturated carbocycles. The molecule has 1 aliphatic rings. The number of ether oxygens (including phenoxy) is 1. The Morgan fingerprint density at radius 2 is 1.97 bits per heavy atom. The Bertz CT molecular complexity index is 1030. The number of rotatable bonds is 7. The minimum atomic E-state index is -3.38. The summed E-state index contributed by atoms with van der Waals surface area (Å²) < 4.78 is 31.1. The number of sulfonamides is 1. The number of benzene rings is 2. The molecule has 1 N–H and O–H groups in total. The van der Waals surface area contributed by atoms with E-state index in [0.29, 0.717) is 25.1 Å². The third kappa shape index (κ3) is 5.14. The minimum Gasteiger partial charge on any atom is -0.494 e. The summed E-state index contributed by atoms with van der Waals surface area (Å²) in [6, 6.07) is 14.5.